The van der Waals surface area contributed by atoms with Gasteiger partial charge in [0.1, 0.15) is 0 Å². The van der Waals surface area contributed by atoms with E-state index in [2.05, 4.69) is 20.5 Å². The van der Waals surface area contributed by atoms with Gasteiger partial charge in [0, 0.05) is 11.8 Å². The zero-order valence-electron chi connectivity index (χ0n) is 7.29. The van der Waals surface area contributed by atoms with Gasteiger partial charge in [-0.15, -0.1) is 5.10 Å². The predicted molar refractivity (Wildman–Crippen MR) is 52.5 cm³/mol. The van der Waals surface area contributed by atoms with Crippen LogP contribution in [0.5, 0.6) is 0 Å². The molecule has 1 aliphatic rings. The van der Waals surface area contributed by atoms with Crippen LogP contribution in [-0.2, 0) is 0 Å². The maximum absolute atomic E-state index is 5.40. The largest absolute Gasteiger partial charge is 0.368 e. The van der Waals surface area contributed by atoms with Crippen LogP contribution in [0.4, 0.5) is 5.95 Å². The van der Waals surface area contributed by atoms with Gasteiger partial charge in [-0.2, -0.15) is 4.98 Å². The van der Waals surface area contributed by atoms with E-state index in [1.807, 2.05) is 0 Å². The Morgan fingerprint density at radius 3 is 3.15 bits per heavy atom. The van der Waals surface area contributed by atoms with Gasteiger partial charge in [-0.1, -0.05) is 11.8 Å². The van der Waals surface area contributed by atoms with Gasteiger partial charge in [0.2, 0.25) is 11.1 Å². The van der Waals surface area contributed by atoms with E-state index in [4.69, 9.17) is 5.73 Å². The minimum absolute atomic E-state index is 0.391. The summed E-state index contributed by atoms with van der Waals surface area (Å²) in [5.41, 5.74) is 5.40. The quantitative estimate of drug-likeness (QED) is 0.607. The number of hydrogen-bond acceptors (Lipinski definition) is 5. The number of nitrogens with two attached hydrogens (primary N) is 1. The Balaban J connectivity index is 1.78. The molecule has 5 nitrogen and oxygen atoms in total. The van der Waals surface area contributed by atoms with Crippen molar-refractivity contribution >= 4 is 17.7 Å². The van der Waals surface area contributed by atoms with Crippen LogP contribution in [0.1, 0.15) is 12.8 Å². The van der Waals surface area contributed by atoms with Gasteiger partial charge < -0.3 is 11.1 Å². The molecule has 6 heteroatoms. The van der Waals surface area contributed by atoms with E-state index >= 15 is 0 Å². The first-order chi connectivity index (χ1) is 6.34. The molecule has 1 aliphatic heterocycles. The summed E-state index contributed by atoms with van der Waals surface area (Å²) in [4.78, 5) is 4.02. The van der Waals surface area contributed by atoms with Gasteiger partial charge in [0.15, 0.2) is 0 Å². The van der Waals surface area contributed by atoms with E-state index in [1.54, 1.807) is 11.8 Å². The smallest absolute Gasteiger partial charge is 0.216 e. The Hall–Kier alpha value is -0.750. The summed E-state index contributed by atoms with van der Waals surface area (Å²) in [6, 6.07) is 0.615. The number of nitrogen functional groups attached to an aromatic ring is 1. The van der Waals surface area contributed by atoms with Gasteiger partial charge in [-0.25, -0.2) is 5.10 Å². The van der Waals surface area contributed by atoms with Crippen LogP contribution < -0.4 is 11.1 Å². The standard InChI is InChI=1S/C7H13N5S/c8-6-10-7(12-11-6)13-4-5-2-1-3-9-5/h5,9H,1-4H2,(H3,8,10,11,12)/t5-/m0/s1. The number of nitrogens with one attached hydrogen (secondary N) is 2. The van der Waals surface area contributed by atoms with Gasteiger partial charge in [0.05, 0.1) is 0 Å². The lowest BCUT2D eigenvalue weighted by atomic mass is 10.3. The fourth-order valence-electron chi connectivity index (χ4n) is 1.40. The second-order valence-corrected chi connectivity index (χ2v) is 4.09. The number of nitrogens with zero attached hydrogens (tertiary/aromatic N) is 2. The van der Waals surface area contributed by atoms with E-state index in [0.29, 0.717) is 12.0 Å². The molecule has 1 aromatic heterocycles. The van der Waals surface area contributed by atoms with Crippen LogP contribution in [0.2, 0.25) is 0 Å². The minimum atomic E-state index is 0.391. The Kier molecular flexibility index (Phi) is 2.70. The normalized spacial score (nSPS) is 22.3. The topological polar surface area (TPSA) is 79.6 Å². The molecule has 0 radical (unpaired) electrons. The second-order valence-electron chi connectivity index (χ2n) is 3.11. The molecular formula is C7H13N5S. The summed E-state index contributed by atoms with van der Waals surface area (Å²) in [7, 11) is 0. The van der Waals surface area contributed by atoms with Crippen molar-refractivity contribution < 1.29 is 0 Å². The molecule has 0 spiro atoms. The fourth-order valence-corrected chi connectivity index (χ4v) is 2.30. The Morgan fingerprint density at radius 1 is 1.62 bits per heavy atom. The molecule has 1 fully saturated rings. The van der Waals surface area contributed by atoms with E-state index < -0.39 is 0 Å². The summed E-state index contributed by atoms with van der Waals surface area (Å²) in [6.45, 7) is 1.14. The molecule has 2 rings (SSSR count). The van der Waals surface area contributed by atoms with Crippen molar-refractivity contribution in [2.24, 2.45) is 0 Å². The highest BCUT2D eigenvalue weighted by Crippen LogP contribution is 2.17. The minimum Gasteiger partial charge on any atom is -0.368 e. The third kappa shape index (κ3) is 2.35. The van der Waals surface area contributed by atoms with Crippen molar-refractivity contribution in [3.8, 4) is 0 Å². The van der Waals surface area contributed by atoms with Crippen LogP contribution in [0, 0.1) is 0 Å². The molecule has 1 atom stereocenters. The Labute approximate surface area is 80.9 Å². The highest BCUT2D eigenvalue weighted by molar-refractivity contribution is 7.99. The van der Waals surface area contributed by atoms with Crippen molar-refractivity contribution in [2.45, 2.75) is 24.0 Å². The van der Waals surface area contributed by atoms with E-state index in [9.17, 15) is 0 Å². The van der Waals surface area contributed by atoms with E-state index in [0.717, 1.165) is 17.5 Å². The number of hydrogen-bond donors (Lipinski definition) is 3. The van der Waals surface area contributed by atoms with Crippen LogP contribution in [0.15, 0.2) is 5.16 Å². The molecule has 1 aromatic rings. The number of anilines is 1. The fraction of sp³-hybridized carbons (Fsp3) is 0.714. The Bertz CT molecular complexity index is 268. The highest BCUT2D eigenvalue weighted by Gasteiger charge is 2.14. The van der Waals surface area contributed by atoms with E-state index in [-0.39, 0.29) is 0 Å². The number of aromatic amines is 1. The first-order valence-corrected chi connectivity index (χ1v) is 5.37. The third-order valence-electron chi connectivity index (χ3n) is 2.06. The lowest BCUT2D eigenvalue weighted by molar-refractivity contribution is 0.673. The first-order valence-electron chi connectivity index (χ1n) is 4.38. The molecular weight excluding hydrogens is 186 g/mol. The van der Waals surface area contributed by atoms with Crippen molar-refractivity contribution in [3.63, 3.8) is 0 Å². The summed E-state index contributed by atoms with van der Waals surface area (Å²) in [5.74, 6) is 1.42. The molecule has 13 heavy (non-hydrogen) atoms. The molecule has 0 amide bonds. The molecule has 1 saturated heterocycles. The van der Waals surface area contributed by atoms with Gasteiger partial charge in [-0.3, -0.25) is 0 Å². The first kappa shape index (κ1) is 8.83. The number of thioether (sulfide) groups is 1. The van der Waals surface area contributed by atoms with Crippen molar-refractivity contribution in [3.05, 3.63) is 0 Å². The average molecular weight is 199 g/mol. The molecule has 2 heterocycles. The molecule has 0 bridgehead atoms. The number of rotatable bonds is 3. The maximum Gasteiger partial charge on any atom is 0.216 e. The van der Waals surface area contributed by atoms with Crippen LogP contribution in [0.3, 0.4) is 0 Å². The van der Waals surface area contributed by atoms with Crippen LogP contribution in [-0.4, -0.2) is 33.5 Å². The van der Waals surface area contributed by atoms with E-state index in [1.165, 1.54) is 12.8 Å². The van der Waals surface area contributed by atoms with Crippen LogP contribution >= 0.6 is 11.8 Å². The third-order valence-corrected chi connectivity index (χ3v) is 3.07. The summed E-state index contributed by atoms with van der Waals surface area (Å²) in [6.07, 6.45) is 2.54. The van der Waals surface area contributed by atoms with Crippen molar-refractivity contribution in [2.75, 3.05) is 18.0 Å². The molecule has 0 unspecified atom stereocenters. The lowest BCUT2D eigenvalue weighted by Crippen LogP contribution is -2.23. The number of aromatic nitrogens is 3. The highest BCUT2D eigenvalue weighted by atomic mass is 32.2. The van der Waals surface area contributed by atoms with Gasteiger partial charge >= 0.3 is 0 Å². The van der Waals surface area contributed by atoms with Gasteiger partial charge in [0.25, 0.3) is 0 Å². The summed E-state index contributed by atoms with van der Waals surface area (Å²) < 4.78 is 0. The molecule has 0 aromatic carbocycles. The average Bonchev–Trinajstić information content (AvgIpc) is 2.71. The Morgan fingerprint density at radius 2 is 2.54 bits per heavy atom. The summed E-state index contributed by atoms with van der Waals surface area (Å²) >= 11 is 1.64. The molecule has 72 valence electrons. The second kappa shape index (κ2) is 3.97. The molecule has 0 aliphatic carbocycles. The van der Waals surface area contributed by atoms with Gasteiger partial charge in [-0.05, 0) is 19.4 Å². The van der Waals surface area contributed by atoms with Crippen molar-refractivity contribution in [1.82, 2.24) is 20.5 Å². The molecule has 4 N–H and O–H groups in total. The van der Waals surface area contributed by atoms with Crippen molar-refractivity contribution in [1.29, 1.82) is 0 Å². The maximum atomic E-state index is 5.40. The number of H-pyrrole nitrogens is 1. The SMILES string of the molecule is Nc1nc(SC[C@@H]2CCCN2)n[nH]1. The molecule has 0 saturated carbocycles. The zero-order chi connectivity index (χ0) is 9.10. The van der Waals surface area contributed by atoms with Crippen LogP contribution in [0.25, 0.3) is 0 Å². The lowest BCUT2D eigenvalue weighted by Gasteiger charge is -2.06. The predicted octanol–water partition coefficient (Wildman–Crippen LogP) is 0.231. The monoisotopic (exact) mass is 199 g/mol. The summed E-state index contributed by atoms with van der Waals surface area (Å²) in [5, 5.41) is 10.7. The zero-order valence-corrected chi connectivity index (χ0v) is 8.10.